The van der Waals surface area contributed by atoms with Crippen LogP contribution in [0.4, 0.5) is 5.95 Å². The van der Waals surface area contributed by atoms with E-state index in [9.17, 15) is 0 Å². The maximum atomic E-state index is 6.09. The van der Waals surface area contributed by atoms with Crippen LogP contribution in [0.1, 0.15) is 25.3 Å². The van der Waals surface area contributed by atoms with Crippen LogP contribution in [-0.2, 0) is 6.42 Å². The number of nitrogen functional groups attached to an aromatic ring is 1. The Morgan fingerprint density at radius 1 is 1.14 bits per heavy atom. The first-order valence-electron chi connectivity index (χ1n) is 7.22. The predicted octanol–water partition coefficient (Wildman–Crippen LogP) is 4.60. The molecular weight excluding hydrogens is 282 g/mol. The van der Waals surface area contributed by atoms with Gasteiger partial charge in [-0.05, 0) is 48.7 Å². The molecule has 0 aliphatic heterocycles. The van der Waals surface area contributed by atoms with Crippen molar-refractivity contribution in [2.45, 2.75) is 26.2 Å². The van der Waals surface area contributed by atoms with E-state index in [1.807, 2.05) is 22.8 Å². The summed E-state index contributed by atoms with van der Waals surface area (Å²) in [6.07, 6.45) is 3.53. The molecule has 0 fully saturated rings. The standard InChI is InChI=1S/C17H18ClN3/c1-2-3-4-12-5-8-14(9-6-12)21-16-11-13(18)7-10-15(16)20-17(21)19/h5-11H,2-4H2,1H3,(H2,19,20). The number of aromatic nitrogens is 2. The van der Waals surface area contributed by atoms with Gasteiger partial charge in [0.25, 0.3) is 0 Å². The van der Waals surface area contributed by atoms with Gasteiger partial charge in [-0.2, -0.15) is 0 Å². The molecule has 1 heterocycles. The Morgan fingerprint density at radius 2 is 1.90 bits per heavy atom. The number of halogens is 1. The molecule has 2 N–H and O–H groups in total. The molecule has 4 heteroatoms. The lowest BCUT2D eigenvalue weighted by molar-refractivity contribution is 0.795. The first-order chi connectivity index (χ1) is 10.2. The number of rotatable bonds is 4. The molecule has 3 nitrogen and oxygen atoms in total. The monoisotopic (exact) mass is 299 g/mol. The number of hydrogen-bond acceptors (Lipinski definition) is 2. The predicted molar refractivity (Wildman–Crippen MR) is 89.1 cm³/mol. The highest BCUT2D eigenvalue weighted by Crippen LogP contribution is 2.26. The molecule has 0 aliphatic rings. The van der Waals surface area contributed by atoms with E-state index in [1.165, 1.54) is 18.4 Å². The average Bonchev–Trinajstić information content (AvgIpc) is 2.81. The van der Waals surface area contributed by atoms with Crippen molar-refractivity contribution in [2.24, 2.45) is 0 Å². The lowest BCUT2D eigenvalue weighted by Crippen LogP contribution is -2.00. The van der Waals surface area contributed by atoms with Crippen LogP contribution in [0, 0.1) is 0 Å². The lowest BCUT2D eigenvalue weighted by atomic mass is 10.1. The van der Waals surface area contributed by atoms with Crippen LogP contribution in [0.25, 0.3) is 16.7 Å². The molecule has 0 aliphatic carbocycles. The van der Waals surface area contributed by atoms with Gasteiger partial charge in [-0.15, -0.1) is 0 Å². The van der Waals surface area contributed by atoms with E-state index in [4.69, 9.17) is 17.3 Å². The number of nitrogens with zero attached hydrogens (tertiary/aromatic N) is 2. The zero-order valence-corrected chi connectivity index (χ0v) is 12.8. The van der Waals surface area contributed by atoms with Crippen LogP contribution in [-0.4, -0.2) is 9.55 Å². The fraction of sp³-hybridized carbons (Fsp3) is 0.235. The number of imidazole rings is 1. The minimum absolute atomic E-state index is 0.480. The molecule has 3 aromatic rings. The zero-order chi connectivity index (χ0) is 14.8. The third-order valence-electron chi connectivity index (χ3n) is 3.66. The number of aryl methyl sites for hydroxylation is 1. The highest BCUT2D eigenvalue weighted by molar-refractivity contribution is 6.31. The summed E-state index contributed by atoms with van der Waals surface area (Å²) in [6, 6.07) is 14.1. The second-order valence-corrected chi connectivity index (χ2v) is 5.64. The maximum Gasteiger partial charge on any atom is 0.205 e. The maximum absolute atomic E-state index is 6.09. The topological polar surface area (TPSA) is 43.8 Å². The van der Waals surface area contributed by atoms with Gasteiger partial charge in [0.05, 0.1) is 11.0 Å². The van der Waals surface area contributed by atoms with Crippen LogP contribution in [0.2, 0.25) is 5.02 Å². The third kappa shape index (κ3) is 2.74. The Bertz CT molecular complexity index is 760. The van der Waals surface area contributed by atoms with Crippen molar-refractivity contribution in [2.75, 3.05) is 5.73 Å². The summed E-state index contributed by atoms with van der Waals surface area (Å²) in [5.74, 6) is 0.480. The molecule has 0 spiro atoms. The molecule has 0 saturated heterocycles. The van der Waals surface area contributed by atoms with Crippen molar-refractivity contribution in [1.82, 2.24) is 9.55 Å². The molecule has 1 aromatic heterocycles. The van der Waals surface area contributed by atoms with E-state index >= 15 is 0 Å². The van der Waals surface area contributed by atoms with Crippen molar-refractivity contribution in [3.8, 4) is 5.69 Å². The first kappa shape index (κ1) is 14.0. The van der Waals surface area contributed by atoms with Gasteiger partial charge < -0.3 is 5.73 Å². The Balaban J connectivity index is 2.03. The first-order valence-corrected chi connectivity index (χ1v) is 7.59. The lowest BCUT2D eigenvalue weighted by Gasteiger charge is -2.08. The number of hydrogen-bond donors (Lipinski definition) is 1. The summed E-state index contributed by atoms with van der Waals surface area (Å²) in [7, 11) is 0. The Hall–Kier alpha value is -2.00. The van der Waals surface area contributed by atoms with Gasteiger partial charge in [0.15, 0.2) is 0 Å². The number of unbranched alkanes of at least 4 members (excludes halogenated alkanes) is 1. The largest absolute Gasteiger partial charge is 0.369 e. The molecule has 0 unspecified atom stereocenters. The fourth-order valence-corrected chi connectivity index (χ4v) is 2.70. The Labute approximate surface area is 129 Å². The Morgan fingerprint density at radius 3 is 2.62 bits per heavy atom. The second kappa shape index (κ2) is 5.78. The molecule has 0 radical (unpaired) electrons. The van der Waals surface area contributed by atoms with Gasteiger partial charge in [0.2, 0.25) is 5.95 Å². The molecule has 3 rings (SSSR count). The summed E-state index contributed by atoms with van der Waals surface area (Å²) in [4.78, 5) is 4.38. The minimum atomic E-state index is 0.480. The van der Waals surface area contributed by atoms with E-state index in [1.54, 1.807) is 0 Å². The van der Waals surface area contributed by atoms with E-state index < -0.39 is 0 Å². The van der Waals surface area contributed by atoms with Gasteiger partial charge in [0.1, 0.15) is 0 Å². The normalized spacial score (nSPS) is 11.1. The number of nitrogens with two attached hydrogens (primary N) is 1. The number of anilines is 1. The van der Waals surface area contributed by atoms with Gasteiger partial charge in [-0.3, -0.25) is 4.57 Å². The van der Waals surface area contributed by atoms with E-state index in [2.05, 4.69) is 36.2 Å². The van der Waals surface area contributed by atoms with Gasteiger partial charge in [-0.25, -0.2) is 4.98 Å². The van der Waals surface area contributed by atoms with E-state index in [0.29, 0.717) is 11.0 Å². The van der Waals surface area contributed by atoms with Crippen molar-refractivity contribution in [3.63, 3.8) is 0 Å². The highest BCUT2D eigenvalue weighted by atomic mass is 35.5. The van der Waals surface area contributed by atoms with Crippen LogP contribution < -0.4 is 5.73 Å². The molecule has 0 atom stereocenters. The van der Waals surface area contributed by atoms with E-state index in [-0.39, 0.29) is 0 Å². The van der Waals surface area contributed by atoms with Crippen molar-refractivity contribution >= 4 is 28.6 Å². The van der Waals surface area contributed by atoms with Gasteiger partial charge >= 0.3 is 0 Å². The second-order valence-electron chi connectivity index (χ2n) is 5.21. The zero-order valence-electron chi connectivity index (χ0n) is 12.0. The van der Waals surface area contributed by atoms with Crippen molar-refractivity contribution in [1.29, 1.82) is 0 Å². The average molecular weight is 300 g/mol. The van der Waals surface area contributed by atoms with Crippen molar-refractivity contribution < 1.29 is 0 Å². The highest BCUT2D eigenvalue weighted by Gasteiger charge is 2.10. The van der Waals surface area contributed by atoms with Crippen LogP contribution >= 0.6 is 11.6 Å². The van der Waals surface area contributed by atoms with Gasteiger partial charge in [0, 0.05) is 10.7 Å². The summed E-state index contributed by atoms with van der Waals surface area (Å²) in [5, 5.41) is 0.684. The van der Waals surface area contributed by atoms with Gasteiger partial charge in [-0.1, -0.05) is 37.1 Å². The molecule has 0 amide bonds. The number of benzene rings is 2. The molecule has 108 valence electrons. The van der Waals surface area contributed by atoms with Crippen LogP contribution in [0.15, 0.2) is 42.5 Å². The van der Waals surface area contributed by atoms with Crippen LogP contribution in [0.5, 0.6) is 0 Å². The molecule has 2 aromatic carbocycles. The summed E-state index contributed by atoms with van der Waals surface area (Å²) in [5.41, 5.74) is 10.2. The molecule has 21 heavy (non-hydrogen) atoms. The fourth-order valence-electron chi connectivity index (χ4n) is 2.53. The van der Waals surface area contributed by atoms with Crippen LogP contribution in [0.3, 0.4) is 0 Å². The van der Waals surface area contributed by atoms with E-state index in [0.717, 1.165) is 23.1 Å². The number of fused-ring (bicyclic) bond motifs is 1. The summed E-state index contributed by atoms with van der Waals surface area (Å²) < 4.78 is 1.94. The van der Waals surface area contributed by atoms with Crippen molar-refractivity contribution in [3.05, 3.63) is 53.1 Å². The molecule has 0 saturated carbocycles. The molecular formula is C17H18ClN3. The summed E-state index contributed by atoms with van der Waals surface area (Å²) >= 11 is 6.09. The summed E-state index contributed by atoms with van der Waals surface area (Å²) in [6.45, 7) is 2.20. The minimum Gasteiger partial charge on any atom is -0.369 e. The Kier molecular flexibility index (Phi) is 3.84. The third-order valence-corrected chi connectivity index (χ3v) is 3.89. The SMILES string of the molecule is CCCCc1ccc(-n2c(N)nc3ccc(Cl)cc32)cc1. The molecule has 0 bridgehead atoms. The smallest absolute Gasteiger partial charge is 0.205 e. The quantitative estimate of drug-likeness (QED) is 0.765.